The molecule has 0 aliphatic heterocycles. The van der Waals surface area contributed by atoms with Crippen LogP contribution < -0.4 is 0 Å². The molecule has 0 spiro atoms. The quantitative estimate of drug-likeness (QED) is 0.476. The number of carbonyl (C=O) groups is 2. The number of hydrogen-bond acceptors (Lipinski definition) is 3. The summed E-state index contributed by atoms with van der Waals surface area (Å²) in [5, 5.41) is 8.57. The number of aliphatic carboxylic acids is 1. The number of carbonyl (C=O) groups excluding carboxylic acids is 1. The van der Waals surface area contributed by atoms with Gasteiger partial charge in [0.25, 0.3) is 0 Å². The van der Waals surface area contributed by atoms with Gasteiger partial charge in [-0.05, 0) is 31.6 Å². The van der Waals surface area contributed by atoms with E-state index in [0.29, 0.717) is 0 Å². The Morgan fingerprint density at radius 1 is 1.44 bits per heavy atom. The zero-order chi connectivity index (χ0) is 13.9. The van der Waals surface area contributed by atoms with E-state index in [0.717, 1.165) is 24.8 Å². The van der Waals surface area contributed by atoms with Gasteiger partial charge in [-0.3, -0.25) is 9.59 Å². The van der Waals surface area contributed by atoms with Crippen molar-refractivity contribution in [3.05, 3.63) is 12.2 Å². The van der Waals surface area contributed by atoms with Crippen LogP contribution in [0, 0.1) is 11.3 Å². The predicted octanol–water partition coefficient (Wildman–Crippen LogP) is 2.78. The van der Waals surface area contributed by atoms with Crippen LogP contribution in [-0.4, -0.2) is 23.1 Å². The van der Waals surface area contributed by atoms with Crippen molar-refractivity contribution in [3.63, 3.8) is 0 Å². The highest BCUT2D eigenvalue weighted by atomic mass is 16.5. The second-order valence-corrected chi connectivity index (χ2v) is 5.96. The van der Waals surface area contributed by atoms with Gasteiger partial charge in [-0.1, -0.05) is 26.0 Å². The van der Waals surface area contributed by atoms with Gasteiger partial charge in [-0.25, -0.2) is 0 Å². The lowest BCUT2D eigenvalue weighted by Gasteiger charge is -2.40. The summed E-state index contributed by atoms with van der Waals surface area (Å²) in [5.41, 5.74) is 1.12. The highest BCUT2D eigenvalue weighted by Gasteiger charge is 2.37. The van der Waals surface area contributed by atoms with Crippen LogP contribution >= 0.6 is 0 Å². The number of esters is 1. The van der Waals surface area contributed by atoms with Crippen molar-refractivity contribution in [1.29, 1.82) is 0 Å². The van der Waals surface area contributed by atoms with Gasteiger partial charge in [0, 0.05) is 5.92 Å². The molecule has 1 N–H and O–H groups in total. The van der Waals surface area contributed by atoms with Crippen molar-refractivity contribution in [3.8, 4) is 0 Å². The Bertz CT molecular complexity index is 357. The van der Waals surface area contributed by atoms with Crippen LogP contribution in [0.15, 0.2) is 12.2 Å². The second kappa shape index (κ2) is 5.55. The SMILES string of the molecule is C=C(C)C1CCC(C)(C)CC1OC(=O)CC(=O)O. The predicted molar refractivity (Wildman–Crippen MR) is 68.1 cm³/mol. The van der Waals surface area contributed by atoms with Crippen molar-refractivity contribution in [2.75, 3.05) is 0 Å². The van der Waals surface area contributed by atoms with E-state index in [1.54, 1.807) is 0 Å². The third kappa shape index (κ3) is 4.17. The highest BCUT2D eigenvalue weighted by molar-refractivity contribution is 5.90. The molecule has 0 radical (unpaired) electrons. The molecule has 1 aliphatic carbocycles. The van der Waals surface area contributed by atoms with E-state index < -0.39 is 18.4 Å². The van der Waals surface area contributed by atoms with Gasteiger partial charge in [-0.2, -0.15) is 0 Å². The summed E-state index contributed by atoms with van der Waals surface area (Å²) in [6, 6.07) is 0. The zero-order valence-corrected chi connectivity index (χ0v) is 11.4. The van der Waals surface area contributed by atoms with Crippen molar-refractivity contribution in [2.45, 2.75) is 52.6 Å². The van der Waals surface area contributed by atoms with Crippen molar-refractivity contribution >= 4 is 11.9 Å². The number of hydrogen-bond donors (Lipinski definition) is 1. The molecule has 102 valence electrons. The first-order chi connectivity index (χ1) is 8.21. The summed E-state index contributed by atoms with van der Waals surface area (Å²) < 4.78 is 5.33. The average Bonchev–Trinajstić information content (AvgIpc) is 2.13. The molecule has 0 amide bonds. The Balaban J connectivity index is 2.70. The van der Waals surface area contributed by atoms with Crippen molar-refractivity contribution in [1.82, 2.24) is 0 Å². The maximum atomic E-state index is 11.5. The molecule has 0 saturated heterocycles. The number of ether oxygens (including phenoxy) is 1. The fourth-order valence-electron chi connectivity index (χ4n) is 2.54. The Hall–Kier alpha value is -1.32. The maximum absolute atomic E-state index is 11.5. The third-order valence-electron chi connectivity index (χ3n) is 3.55. The molecule has 1 rings (SSSR count). The van der Waals surface area contributed by atoms with Gasteiger partial charge in [0.2, 0.25) is 0 Å². The maximum Gasteiger partial charge on any atom is 0.317 e. The van der Waals surface area contributed by atoms with Crippen LogP contribution in [0.4, 0.5) is 0 Å². The highest BCUT2D eigenvalue weighted by Crippen LogP contribution is 2.42. The Labute approximate surface area is 108 Å². The molecule has 4 heteroatoms. The van der Waals surface area contributed by atoms with Gasteiger partial charge < -0.3 is 9.84 Å². The lowest BCUT2D eigenvalue weighted by Crippen LogP contribution is -2.37. The average molecular weight is 254 g/mol. The van der Waals surface area contributed by atoms with Crippen molar-refractivity contribution < 1.29 is 19.4 Å². The van der Waals surface area contributed by atoms with Gasteiger partial charge in [0.15, 0.2) is 0 Å². The van der Waals surface area contributed by atoms with Gasteiger partial charge >= 0.3 is 11.9 Å². The molecule has 4 nitrogen and oxygen atoms in total. The Morgan fingerprint density at radius 2 is 2.06 bits per heavy atom. The first kappa shape index (κ1) is 14.7. The van der Waals surface area contributed by atoms with Gasteiger partial charge in [0.1, 0.15) is 12.5 Å². The Morgan fingerprint density at radius 3 is 2.56 bits per heavy atom. The van der Waals surface area contributed by atoms with Gasteiger partial charge in [0.05, 0.1) is 0 Å². The molecule has 1 aliphatic rings. The minimum atomic E-state index is -1.15. The first-order valence-corrected chi connectivity index (χ1v) is 6.28. The molecule has 2 unspecified atom stereocenters. The molecule has 0 aromatic heterocycles. The van der Waals surface area contributed by atoms with Gasteiger partial charge in [-0.15, -0.1) is 0 Å². The van der Waals surface area contributed by atoms with E-state index in [9.17, 15) is 9.59 Å². The topological polar surface area (TPSA) is 63.6 Å². The summed E-state index contributed by atoms with van der Waals surface area (Å²) in [4.78, 5) is 21.9. The van der Waals surface area contributed by atoms with Crippen LogP contribution in [0.5, 0.6) is 0 Å². The van der Waals surface area contributed by atoms with E-state index in [1.165, 1.54) is 0 Å². The Kier molecular flexibility index (Phi) is 4.54. The van der Waals surface area contributed by atoms with E-state index in [1.807, 2.05) is 6.92 Å². The number of carboxylic acid groups (broad SMARTS) is 1. The second-order valence-electron chi connectivity index (χ2n) is 5.96. The molecule has 0 heterocycles. The zero-order valence-electron chi connectivity index (χ0n) is 11.4. The summed E-state index contributed by atoms with van der Waals surface area (Å²) in [7, 11) is 0. The molecule has 1 saturated carbocycles. The van der Waals surface area contributed by atoms with E-state index >= 15 is 0 Å². The third-order valence-corrected chi connectivity index (χ3v) is 3.55. The minimum absolute atomic E-state index is 0.125. The van der Waals surface area contributed by atoms with E-state index in [4.69, 9.17) is 9.84 Å². The molecular formula is C14H22O4. The molecule has 0 bridgehead atoms. The van der Waals surface area contributed by atoms with Crippen LogP contribution in [0.25, 0.3) is 0 Å². The number of carboxylic acids is 1. The molecule has 1 fully saturated rings. The first-order valence-electron chi connectivity index (χ1n) is 6.28. The summed E-state index contributed by atoms with van der Waals surface area (Å²) >= 11 is 0. The fourth-order valence-corrected chi connectivity index (χ4v) is 2.54. The fraction of sp³-hybridized carbons (Fsp3) is 0.714. The minimum Gasteiger partial charge on any atom is -0.481 e. The van der Waals surface area contributed by atoms with Crippen LogP contribution in [0.1, 0.15) is 46.5 Å². The van der Waals surface area contributed by atoms with Crippen LogP contribution in [0.3, 0.4) is 0 Å². The summed E-state index contributed by atoms with van der Waals surface area (Å²) in [6.07, 6.45) is 1.96. The largest absolute Gasteiger partial charge is 0.481 e. The van der Waals surface area contributed by atoms with Crippen molar-refractivity contribution in [2.24, 2.45) is 11.3 Å². The number of rotatable bonds is 4. The molecular weight excluding hydrogens is 232 g/mol. The lowest BCUT2D eigenvalue weighted by molar-refractivity contribution is -0.159. The molecule has 2 atom stereocenters. The summed E-state index contributed by atoms with van der Waals surface area (Å²) in [5.74, 6) is -1.66. The molecule has 18 heavy (non-hydrogen) atoms. The monoisotopic (exact) mass is 254 g/mol. The molecule has 0 aromatic carbocycles. The van der Waals surface area contributed by atoms with Crippen LogP contribution in [0.2, 0.25) is 0 Å². The summed E-state index contributed by atoms with van der Waals surface area (Å²) in [6.45, 7) is 10.1. The normalized spacial score (nSPS) is 26.4. The standard InChI is InChI=1S/C14H22O4/c1-9(2)10-5-6-14(3,4)8-11(10)18-13(17)7-12(15)16/h10-11H,1,5-8H2,2-4H3,(H,15,16). The molecule has 0 aromatic rings. The van der Waals surface area contributed by atoms with E-state index in [-0.39, 0.29) is 17.4 Å². The van der Waals surface area contributed by atoms with Crippen LogP contribution in [-0.2, 0) is 14.3 Å². The lowest BCUT2D eigenvalue weighted by atomic mass is 9.70. The van der Waals surface area contributed by atoms with E-state index in [2.05, 4.69) is 20.4 Å². The smallest absolute Gasteiger partial charge is 0.317 e.